The van der Waals surface area contributed by atoms with Crippen LogP contribution in [-0.4, -0.2) is 75.4 Å². The van der Waals surface area contributed by atoms with Crippen LogP contribution in [0.2, 0.25) is 0 Å². The topological polar surface area (TPSA) is 87.4 Å². The van der Waals surface area contributed by atoms with Crippen molar-refractivity contribution in [2.75, 3.05) is 39.4 Å². The summed E-state index contributed by atoms with van der Waals surface area (Å²) < 4.78 is 22.2. The number of hydrogen-bond acceptors (Lipinski definition) is 6. The molecule has 9 heteroatoms. The SMILES string of the molecule is Cc1cccn2c(C)c(/C(O)=C3\C(=O)C(=O)N(CCCN4CCOCC4)C3c3ccccc3F)nc12. The Labute approximate surface area is 208 Å². The van der Waals surface area contributed by atoms with Gasteiger partial charge in [-0.25, -0.2) is 9.37 Å². The average molecular weight is 493 g/mol. The van der Waals surface area contributed by atoms with E-state index in [0.29, 0.717) is 31.0 Å². The molecule has 2 saturated heterocycles. The first-order valence-electron chi connectivity index (χ1n) is 12.2. The number of benzene rings is 1. The Balaban J connectivity index is 1.56. The highest BCUT2D eigenvalue weighted by Crippen LogP contribution is 2.40. The number of amides is 1. The predicted octanol–water partition coefficient (Wildman–Crippen LogP) is 3.23. The van der Waals surface area contributed by atoms with Crippen molar-refractivity contribution < 1.29 is 23.8 Å². The van der Waals surface area contributed by atoms with Crippen molar-refractivity contribution in [1.29, 1.82) is 0 Å². The highest BCUT2D eigenvalue weighted by molar-refractivity contribution is 6.46. The standard InChI is InChI=1S/C27H29FN4O4/c1-17-7-5-11-31-18(2)22(29-26(17)31)24(33)21-23(19-8-3-4-9-20(19)28)32(27(35)25(21)34)12-6-10-30-13-15-36-16-14-30/h3-5,7-9,11,23,33H,6,10,12-16H2,1-2H3/b24-21+. The van der Waals surface area contributed by atoms with Gasteiger partial charge in [0, 0.05) is 37.9 Å². The third-order valence-corrected chi connectivity index (χ3v) is 7.03. The quantitative estimate of drug-likeness (QED) is 0.323. The summed E-state index contributed by atoms with van der Waals surface area (Å²) in [5.41, 5.74) is 2.39. The van der Waals surface area contributed by atoms with Gasteiger partial charge in [-0.3, -0.25) is 14.5 Å². The second-order valence-corrected chi connectivity index (χ2v) is 9.25. The number of carbonyl (C=O) groups is 2. The summed E-state index contributed by atoms with van der Waals surface area (Å²) in [5, 5.41) is 11.4. The molecule has 4 heterocycles. The molecule has 0 saturated carbocycles. The number of fused-ring (bicyclic) bond motifs is 1. The fraction of sp³-hybridized carbons (Fsp3) is 0.370. The lowest BCUT2D eigenvalue weighted by molar-refractivity contribution is -0.140. The predicted molar refractivity (Wildman–Crippen MR) is 132 cm³/mol. The minimum Gasteiger partial charge on any atom is -0.505 e. The minimum absolute atomic E-state index is 0.138. The van der Waals surface area contributed by atoms with Gasteiger partial charge < -0.3 is 19.1 Å². The zero-order valence-electron chi connectivity index (χ0n) is 20.4. The van der Waals surface area contributed by atoms with E-state index in [1.807, 2.05) is 29.7 Å². The number of Topliss-reactive ketones (excluding diaryl/α,β-unsaturated/α-hetero) is 1. The number of pyridine rings is 1. The number of morpholine rings is 1. The Morgan fingerprint density at radius 3 is 2.58 bits per heavy atom. The van der Waals surface area contributed by atoms with E-state index in [0.717, 1.165) is 25.2 Å². The van der Waals surface area contributed by atoms with Gasteiger partial charge in [0.25, 0.3) is 11.7 Å². The van der Waals surface area contributed by atoms with Crippen LogP contribution in [-0.2, 0) is 14.3 Å². The molecule has 8 nitrogen and oxygen atoms in total. The summed E-state index contributed by atoms with van der Waals surface area (Å²) in [4.78, 5) is 34.7. The number of nitrogens with zero attached hydrogens (tertiary/aromatic N) is 4. The molecule has 0 radical (unpaired) electrons. The number of rotatable bonds is 6. The Hall–Kier alpha value is -3.56. The number of aromatic nitrogens is 2. The third kappa shape index (κ3) is 4.18. The van der Waals surface area contributed by atoms with Crippen molar-refractivity contribution in [2.24, 2.45) is 0 Å². The van der Waals surface area contributed by atoms with Crippen LogP contribution in [0.5, 0.6) is 0 Å². The number of ether oxygens (including phenoxy) is 1. The molecular formula is C27H29FN4O4. The number of aliphatic hydroxyl groups excluding tert-OH is 1. The summed E-state index contributed by atoms with van der Waals surface area (Å²) in [7, 11) is 0. The van der Waals surface area contributed by atoms with Crippen molar-refractivity contribution in [3.05, 3.63) is 76.5 Å². The van der Waals surface area contributed by atoms with Crippen LogP contribution in [0.3, 0.4) is 0 Å². The normalized spacial score (nSPS) is 20.5. The number of aryl methyl sites for hydroxylation is 2. The van der Waals surface area contributed by atoms with E-state index in [1.54, 1.807) is 25.1 Å². The number of hydrogen-bond donors (Lipinski definition) is 1. The zero-order valence-corrected chi connectivity index (χ0v) is 20.4. The smallest absolute Gasteiger partial charge is 0.295 e. The van der Waals surface area contributed by atoms with Gasteiger partial charge in [0.15, 0.2) is 5.76 Å². The van der Waals surface area contributed by atoms with Gasteiger partial charge in [0.2, 0.25) is 0 Å². The maximum absolute atomic E-state index is 15.0. The maximum Gasteiger partial charge on any atom is 0.295 e. The number of carbonyl (C=O) groups excluding carboxylic acids is 2. The van der Waals surface area contributed by atoms with E-state index in [2.05, 4.69) is 9.88 Å². The minimum atomic E-state index is -1.04. The van der Waals surface area contributed by atoms with Gasteiger partial charge in [-0.2, -0.15) is 0 Å². The van der Waals surface area contributed by atoms with Gasteiger partial charge >= 0.3 is 0 Å². The Bertz CT molecular complexity index is 1360. The van der Waals surface area contributed by atoms with Crippen molar-refractivity contribution in [1.82, 2.24) is 19.2 Å². The molecule has 1 N–H and O–H groups in total. The molecule has 2 fully saturated rings. The van der Waals surface area contributed by atoms with E-state index in [4.69, 9.17) is 4.74 Å². The number of aliphatic hydroxyl groups is 1. The fourth-order valence-corrected chi connectivity index (χ4v) is 5.09. The van der Waals surface area contributed by atoms with Crippen LogP contribution in [0.1, 0.15) is 35.0 Å². The molecule has 2 aliphatic rings. The Kier molecular flexibility index (Phi) is 6.59. The monoisotopic (exact) mass is 492 g/mol. The number of likely N-dealkylation sites (tertiary alicyclic amines) is 1. The van der Waals surface area contributed by atoms with Crippen LogP contribution in [0.15, 0.2) is 48.2 Å². The lowest BCUT2D eigenvalue weighted by Gasteiger charge is -2.29. The highest BCUT2D eigenvalue weighted by Gasteiger charge is 2.47. The van der Waals surface area contributed by atoms with Crippen LogP contribution in [0, 0.1) is 19.7 Å². The van der Waals surface area contributed by atoms with Crippen LogP contribution >= 0.6 is 0 Å². The van der Waals surface area contributed by atoms with Crippen molar-refractivity contribution in [3.63, 3.8) is 0 Å². The molecular weight excluding hydrogens is 463 g/mol. The molecule has 0 spiro atoms. The van der Waals surface area contributed by atoms with Gasteiger partial charge in [-0.05, 0) is 38.0 Å². The van der Waals surface area contributed by atoms with E-state index in [9.17, 15) is 14.7 Å². The van der Waals surface area contributed by atoms with Crippen LogP contribution < -0.4 is 0 Å². The van der Waals surface area contributed by atoms with E-state index in [1.165, 1.54) is 11.0 Å². The lowest BCUT2D eigenvalue weighted by Crippen LogP contribution is -2.39. The molecule has 36 heavy (non-hydrogen) atoms. The molecule has 1 amide bonds. The van der Waals surface area contributed by atoms with Crippen molar-refractivity contribution >= 4 is 23.1 Å². The number of halogens is 1. The summed E-state index contributed by atoms with van der Waals surface area (Å²) in [5.74, 6) is -2.52. The van der Waals surface area contributed by atoms with E-state index < -0.39 is 29.3 Å². The molecule has 5 rings (SSSR count). The largest absolute Gasteiger partial charge is 0.505 e. The van der Waals surface area contributed by atoms with Crippen LogP contribution in [0.25, 0.3) is 11.4 Å². The molecule has 0 aliphatic carbocycles. The fourth-order valence-electron chi connectivity index (χ4n) is 5.09. The lowest BCUT2D eigenvalue weighted by atomic mass is 9.96. The Morgan fingerprint density at radius 2 is 1.86 bits per heavy atom. The first-order chi connectivity index (χ1) is 17.4. The highest BCUT2D eigenvalue weighted by atomic mass is 19.1. The molecule has 2 aliphatic heterocycles. The molecule has 1 atom stereocenters. The van der Waals surface area contributed by atoms with Gasteiger partial charge in [-0.1, -0.05) is 24.3 Å². The average Bonchev–Trinajstić information content (AvgIpc) is 3.35. The first-order valence-corrected chi connectivity index (χ1v) is 12.2. The second-order valence-electron chi connectivity index (χ2n) is 9.25. The van der Waals surface area contributed by atoms with Crippen molar-refractivity contribution in [2.45, 2.75) is 26.3 Å². The molecule has 0 bridgehead atoms. The van der Waals surface area contributed by atoms with Gasteiger partial charge in [0.05, 0.1) is 30.5 Å². The van der Waals surface area contributed by atoms with Gasteiger partial charge in [0.1, 0.15) is 17.2 Å². The number of ketones is 1. The van der Waals surface area contributed by atoms with Gasteiger partial charge in [-0.15, -0.1) is 0 Å². The zero-order chi connectivity index (χ0) is 25.4. The maximum atomic E-state index is 15.0. The first kappa shape index (κ1) is 24.1. The molecule has 1 unspecified atom stereocenters. The summed E-state index contributed by atoms with van der Waals surface area (Å²) in [6, 6.07) is 8.79. The molecule has 1 aromatic carbocycles. The molecule has 3 aromatic rings. The molecule has 2 aromatic heterocycles. The van der Waals surface area contributed by atoms with E-state index >= 15 is 4.39 Å². The number of imidazole rings is 1. The second kappa shape index (κ2) is 9.83. The summed E-state index contributed by atoms with van der Waals surface area (Å²) >= 11 is 0. The third-order valence-electron chi connectivity index (χ3n) is 7.03. The Morgan fingerprint density at radius 1 is 1.11 bits per heavy atom. The van der Waals surface area contributed by atoms with Crippen LogP contribution in [0.4, 0.5) is 4.39 Å². The summed E-state index contributed by atoms with van der Waals surface area (Å²) in [6.07, 6.45) is 2.42. The van der Waals surface area contributed by atoms with E-state index in [-0.39, 0.29) is 23.4 Å². The molecule has 188 valence electrons. The van der Waals surface area contributed by atoms with Crippen molar-refractivity contribution in [3.8, 4) is 0 Å². The summed E-state index contributed by atoms with van der Waals surface area (Å²) in [6.45, 7) is 7.60.